The van der Waals surface area contributed by atoms with Crippen LogP contribution in [0.1, 0.15) is 5.56 Å². The number of ether oxygens (including phenoxy) is 1. The van der Waals surface area contributed by atoms with Gasteiger partial charge >= 0.3 is 0 Å². The maximum atomic E-state index is 13.9. The minimum Gasteiger partial charge on any atom is -0.495 e. The Kier molecular flexibility index (Phi) is 5.99. The first-order chi connectivity index (χ1) is 14.1. The highest BCUT2D eigenvalue weighted by atomic mass is 32.2. The molecule has 0 heterocycles. The van der Waals surface area contributed by atoms with Gasteiger partial charge in [0.2, 0.25) is 0 Å². The number of hydrogen-bond acceptors (Lipinski definition) is 5. The number of aryl methyl sites for hydroxylation is 1. The quantitative estimate of drug-likeness (QED) is 0.571. The summed E-state index contributed by atoms with van der Waals surface area (Å²) in [5.74, 6) is -0.585. The maximum Gasteiger partial charge on any atom is 0.264 e. The number of rotatable bonds is 7. The highest BCUT2D eigenvalue weighted by molar-refractivity contribution is 7.93. The van der Waals surface area contributed by atoms with Crippen LogP contribution in [0.3, 0.4) is 0 Å². The summed E-state index contributed by atoms with van der Waals surface area (Å²) in [4.78, 5) is -0.677. The van der Waals surface area contributed by atoms with Crippen molar-refractivity contribution < 1.29 is 26.0 Å². The topological polar surface area (TPSA) is 102 Å². The van der Waals surface area contributed by atoms with Crippen LogP contribution in [0.25, 0.3) is 0 Å². The molecule has 30 heavy (non-hydrogen) atoms. The van der Waals surface area contributed by atoms with E-state index in [1.54, 1.807) is 25.1 Å². The molecule has 158 valence electrons. The average Bonchev–Trinajstić information content (AvgIpc) is 2.69. The Balaban J connectivity index is 1.96. The van der Waals surface area contributed by atoms with Crippen molar-refractivity contribution in [2.45, 2.75) is 16.7 Å². The zero-order chi connectivity index (χ0) is 21.9. The molecule has 0 amide bonds. The SMILES string of the molecule is COc1ccccc1NS(=O)(=O)c1cc(NS(=O)(=O)c2ccccc2F)ccc1C. The first kappa shape index (κ1) is 21.6. The number of para-hydroxylation sites is 2. The summed E-state index contributed by atoms with van der Waals surface area (Å²) >= 11 is 0. The fourth-order valence-corrected chi connectivity index (χ4v) is 5.23. The Morgan fingerprint density at radius 1 is 0.800 bits per heavy atom. The second-order valence-corrected chi connectivity index (χ2v) is 9.62. The second kappa shape index (κ2) is 8.33. The van der Waals surface area contributed by atoms with Crippen LogP contribution >= 0.6 is 0 Å². The molecular weight excluding hydrogens is 431 g/mol. The minimum atomic E-state index is -4.25. The molecule has 0 atom stereocenters. The summed E-state index contributed by atoms with van der Waals surface area (Å²) in [7, 11) is -6.90. The fourth-order valence-electron chi connectivity index (χ4n) is 2.75. The van der Waals surface area contributed by atoms with E-state index in [2.05, 4.69) is 9.44 Å². The second-order valence-electron chi connectivity index (χ2n) is 6.32. The van der Waals surface area contributed by atoms with Gasteiger partial charge in [0.05, 0.1) is 23.4 Å². The number of halogens is 1. The number of nitrogens with one attached hydrogen (secondary N) is 2. The molecule has 3 aromatic carbocycles. The van der Waals surface area contributed by atoms with Gasteiger partial charge in [-0.15, -0.1) is 0 Å². The predicted octanol–water partition coefficient (Wildman–Crippen LogP) is 3.74. The molecule has 10 heteroatoms. The van der Waals surface area contributed by atoms with Gasteiger partial charge in [-0.2, -0.15) is 0 Å². The molecule has 0 spiro atoms. The summed E-state index contributed by atoms with van der Waals surface area (Å²) in [5.41, 5.74) is 0.604. The number of sulfonamides is 2. The standard InChI is InChI=1S/C20H19FN2O5S2/c1-14-11-12-15(22-29(24,25)19-10-6-3-7-16(19)21)13-20(14)30(26,27)23-17-8-4-5-9-18(17)28-2/h3-13,22-23H,1-2H3. The van der Waals surface area contributed by atoms with Gasteiger partial charge < -0.3 is 4.74 Å². The Bertz CT molecular complexity index is 1290. The van der Waals surface area contributed by atoms with Crippen LogP contribution in [0.5, 0.6) is 5.75 Å². The summed E-state index contributed by atoms with van der Waals surface area (Å²) in [6.45, 7) is 1.58. The Hall–Kier alpha value is -3.11. The first-order valence-corrected chi connectivity index (χ1v) is 11.6. The summed E-state index contributed by atoms with van der Waals surface area (Å²) in [5, 5.41) is 0. The van der Waals surface area contributed by atoms with Gasteiger partial charge in [-0.3, -0.25) is 9.44 Å². The van der Waals surface area contributed by atoms with E-state index in [0.29, 0.717) is 11.3 Å². The van der Waals surface area contributed by atoms with Crippen LogP contribution < -0.4 is 14.2 Å². The Morgan fingerprint density at radius 3 is 2.13 bits per heavy atom. The van der Waals surface area contributed by atoms with E-state index in [1.165, 1.54) is 43.5 Å². The van der Waals surface area contributed by atoms with Crippen LogP contribution in [0.4, 0.5) is 15.8 Å². The third kappa shape index (κ3) is 4.55. The smallest absolute Gasteiger partial charge is 0.264 e. The molecule has 0 aliphatic carbocycles. The van der Waals surface area contributed by atoms with Crippen LogP contribution in [-0.2, 0) is 20.0 Å². The molecule has 2 N–H and O–H groups in total. The van der Waals surface area contributed by atoms with Crippen LogP contribution in [0.2, 0.25) is 0 Å². The van der Waals surface area contributed by atoms with Crippen molar-refractivity contribution in [3.63, 3.8) is 0 Å². The van der Waals surface area contributed by atoms with E-state index < -0.39 is 30.8 Å². The van der Waals surface area contributed by atoms with Gasteiger partial charge in [0, 0.05) is 0 Å². The lowest BCUT2D eigenvalue weighted by molar-refractivity contribution is 0.417. The van der Waals surface area contributed by atoms with Crippen molar-refractivity contribution >= 4 is 31.4 Å². The van der Waals surface area contributed by atoms with E-state index in [0.717, 1.165) is 12.1 Å². The lowest BCUT2D eigenvalue weighted by Gasteiger charge is -2.15. The van der Waals surface area contributed by atoms with Gasteiger partial charge in [-0.05, 0) is 48.9 Å². The normalized spacial score (nSPS) is 11.7. The zero-order valence-electron chi connectivity index (χ0n) is 16.1. The lowest BCUT2D eigenvalue weighted by atomic mass is 10.2. The molecule has 0 saturated carbocycles. The Morgan fingerprint density at radius 2 is 1.43 bits per heavy atom. The van der Waals surface area contributed by atoms with Gasteiger partial charge in [-0.1, -0.05) is 30.3 Å². The highest BCUT2D eigenvalue weighted by Crippen LogP contribution is 2.29. The summed E-state index contributed by atoms with van der Waals surface area (Å²) in [6.07, 6.45) is 0. The van der Waals surface area contributed by atoms with E-state index in [9.17, 15) is 21.2 Å². The van der Waals surface area contributed by atoms with Crippen molar-refractivity contribution in [1.29, 1.82) is 0 Å². The van der Waals surface area contributed by atoms with Gasteiger partial charge in [0.1, 0.15) is 16.5 Å². The Labute approximate surface area is 174 Å². The highest BCUT2D eigenvalue weighted by Gasteiger charge is 2.22. The molecule has 0 unspecified atom stereocenters. The van der Waals surface area contributed by atoms with Crippen LogP contribution in [-0.4, -0.2) is 23.9 Å². The molecule has 7 nitrogen and oxygen atoms in total. The molecule has 3 aromatic rings. The van der Waals surface area contributed by atoms with Gasteiger partial charge in [0.15, 0.2) is 0 Å². The van der Waals surface area contributed by atoms with Crippen LogP contribution in [0, 0.1) is 12.7 Å². The number of methoxy groups -OCH3 is 1. The minimum absolute atomic E-state index is 0.0238. The molecule has 3 rings (SSSR count). The van der Waals surface area contributed by atoms with Gasteiger partial charge in [0.25, 0.3) is 20.0 Å². The predicted molar refractivity (Wildman–Crippen MR) is 112 cm³/mol. The van der Waals surface area contributed by atoms with E-state index in [4.69, 9.17) is 4.74 Å². The summed E-state index contributed by atoms with van der Waals surface area (Å²) in [6, 6.07) is 15.4. The van der Waals surface area contributed by atoms with Crippen LogP contribution in [0.15, 0.2) is 76.5 Å². The number of anilines is 2. The molecule has 0 saturated heterocycles. The molecular formula is C20H19FN2O5S2. The van der Waals surface area contributed by atoms with E-state index in [-0.39, 0.29) is 16.3 Å². The van der Waals surface area contributed by atoms with Crippen molar-refractivity contribution in [3.05, 3.63) is 78.1 Å². The molecule has 0 aliphatic heterocycles. The monoisotopic (exact) mass is 450 g/mol. The van der Waals surface area contributed by atoms with E-state index in [1.807, 2.05) is 0 Å². The first-order valence-electron chi connectivity index (χ1n) is 8.68. The van der Waals surface area contributed by atoms with Gasteiger partial charge in [-0.25, -0.2) is 21.2 Å². The largest absolute Gasteiger partial charge is 0.495 e. The zero-order valence-corrected chi connectivity index (χ0v) is 17.7. The molecule has 0 aromatic heterocycles. The third-order valence-corrected chi connectivity index (χ3v) is 7.13. The molecule has 0 radical (unpaired) electrons. The number of benzene rings is 3. The van der Waals surface area contributed by atoms with E-state index >= 15 is 0 Å². The lowest BCUT2D eigenvalue weighted by Crippen LogP contribution is -2.17. The number of hydrogen-bond donors (Lipinski definition) is 2. The summed E-state index contributed by atoms with van der Waals surface area (Å²) < 4.78 is 74.6. The van der Waals surface area contributed by atoms with Crippen molar-refractivity contribution in [2.75, 3.05) is 16.6 Å². The van der Waals surface area contributed by atoms with Crippen molar-refractivity contribution in [1.82, 2.24) is 0 Å². The van der Waals surface area contributed by atoms with Crippen molar-refractivity contribution in [3.8, 4) is 5.75 Å². The van der Waals surface area contributed by atoms with Crippen molar-refractivity contribution in [2.24, 2.45) is 0 Å². The maximum absolute atomic E-state index is 13.9. The molecule has 0 aliphatic rings. The molecule has 0 bridgehead atoms. The third-order valence-electron chi connectivity index (χ3n) is 4.21. The molecule has 0 fully saturated rings. The average molecular weight is 451 g/mol. The fraction of sp³-hybridized carbons (Fsp3) is 0.100.